The molecular weight excluding hydrogens is 714 g/mol. The summed E-state index contributed by atoms with van der Waals surface area (Å²) in [5.41, 5.74) is 4.71. The molecular formula is C31H21Br2Cl2FN2O2S. The summed E-state index contributed by atoms with van der Waals surface area (Å²) in [5, 5.41) is 1.64. The molecule has 0 spiro atoms. The minimum atomic E-state index is -0.298. The predicted molar refractivity (Wildman–Crippen MR) is 175 cm³/mol. The Hall–Kier alpha value is -2.62. The summed E-state index contributed by atoms with van der Waals surface area (Å²) < 4.78 is 20.6. The molecule has 41 heavy (non-hydrogen) atoms. The van der Waals surface area contributed by atoms with Gasteiger partial charge < -0.3 is 4.74 Å². The van der Waals surface area contributed by atoms with Crippen LogP contribution in [0.25, 0.3) is 6.08 Å². The van der Waals surface area contributed by atoms with E-state index in [2.05, 4.69) is 31.9 Å². The number of halogens is 5. The molecule has 1 saturated heterocycles. The molecule has 0 unspecified atom stereocenters. The van der Waals surface area contributed by atoms with E-state index in [-0.39, 0.29) is 18.3 Å². The second-order valence-electron chi connectivity index (χ2n) is 9.24. The zero-order valence-corrected chi connectivity index (χ0v) is 27.2. The lowest BCUT2D eigenvalue weighted by Gasteiger charge is -2.16. The number of carbonyl (C=O) groups excluding carboxylic acids is 1. The number of nitrogens with zero attached hydrogens (tertiary/aromatic N) is 2. The van der Waals surface area contributed by atoms with Crippen molar-refractivity contribution in [2.75, 3.05) is 4.90 Å². The molecule has 1 fully saturated rings. The molecule has 1 aliphatic heterocycles. The van der Waals surface area contributed by atoms with Gasteiger partial charge in [-0.25, -0.2) is 9.38 Å². The summed E-state index contributed by atoms with van der Waals surface area (Å²) in [5.74, 6) is 0.0693. The van der Waals surface area contributed by atoms with Crippen LogP contribution < -0.4 is 9.64 Å². The van der Waals surface area contributed by atoms with Crippen LogP contribution in [0.3, 0.4) is 0 Å². The first-order valence-corrected chi connectivity index (χ1v) is 15.5. The largest absolute Gasteiger partial charge is 0.487 e. The van der Waals surface area contributed by atoms with Crippen LogP contribution in [-0.4, -0.2) is 11.1 Å². The number of benzene rings is 4. The normalized spacial score (nSPS) is 15.3. The van der Waals surface area contributed by atoms with Crippen molar-refractivity contribution in [1.82, 2.24) is 0 Å². The molecule has 0 bridgehead atoms. The molecule has 0 atom stereocenters. The van der Waals surface area contributed by atoms with Crippen LogP contribution in [0.4, 0.5) is 15.8 Å². The van der Waals surface area contributed by atoms with E-state index in [1.54, 1.807) is 35.2 Å². The lowest BCUT2D eigenvalue weighted by Crippen LogP contribution is -2.28. The highest BCUT2D eigenvalue weighted by molar-refractivity contribution is 9.11. The Morgan fingerprint density at radius 2 is 1.56 bits per heavy atom. The highest BCUT2D eigenvalue weighted by Crippen LogP contribution is 2.41. The number of hydrogen-bond donors (Lipinski definition) is 0. The van der Waals surface area contributed by atoms with Crippen molar-refractivity contribution in [3.63, 3.8) is 0 Å². The molecule has 0 aliphatic carbocycles. The average molecular weight is 735 g/mol. The van der Waals surface area contributed by atoms with E-state index in [4.69, 9.17) is 32.9 Å². The molecule has 4 aromatic carbocycles. The fourth-order valence-electron chi connectivity index (χ4n) is 3.95. The number of amidine groups is 1. The molecule has 1 heterocycles. The van der Waals surface area contributed by atoms with Gasteiger partial charge in [0.1, 0.15) is 18.2 Å². The predicted octanol–water partition coefficient (Wildman–Crippen LogP) is 10.7. The monoisotopic (exact) mass is 732 g/mol. The summed E-state index contributed by atoms with van der Waals surface area (Å²) in [6.07, 6.45) is 1.81. The maximum Gasteiger partial charge on any atom is 0.271 e. The van der Waals surface area contributed by atoms with Crippen LogP contribution in [0.1, 0.15) is 22.3 Å². The van der Waals surface area contributed by atoms with Crippen LogP contribution in [0.2, 0.25) is 10.0 Å². The smallest absolute Gasteiger partial charge is 0.271 e. The molecule has 0 N–H and O–H groups in total. The third-order valence-electron chi connectivity index (χ3n) is 6.21. The van der Waals surface area contributed by atoms with Crippen molar-refractivity contribution in [1.29, 1.82) is 0 Å². The highest BCUT2D eigenvalue weighted by Gasteiger charge is 2.35. The Bertz CT molecular complexity index is 1710. The lowest BCUT2D eigenvalue weighted by atomic mass is 10.2. The van der Waals surface area contributed by atoms with E-state index in [0.29, 0.717) is 46.2 Å². The number of carbonyl (C=O) groups is 1. The molecule has 0 aromatic heterocycles. The second kappa shape index (κ2) is 12.7. The summed E-state index contributed by atoms with van der Waals surface area (Å²) in [6.45, 7) is 4.09. The molecule has 1 aliphatic rings. The van der Waals surface area contributed by atoms with Crippen LogP contribution in [0.15, 0.2) is 91.6 Å². The number of aryl methyl sites for hydroxylation is 2. The fraction of sp³-hybridized carbons (Fsp3) is 0.0968. The van der Waals surface area contributed by atoms with Gasteiger partial charge in [-0.1, -0.05) is 47.5 Å². The van der Waals surface area contributed by atoms with E-state index in [9.17, 15) is 9.18 Å². The number of hydrogen-bond acceptors (Lipinski definition) is 4. The SMILES string of the molecule is Cc1ccc(N=C2S/C(=C/c3cc(Br)c(OCc4ccc(F)cc4)c(Br)c3)C(=O)N2c2ccc(C)c(Cl)c2)cc1Cl. The summed E-state index contributed by atoms with van der Waals surface area (Å²) in [6, 6.07) is 20.9. The van der Waals surface area contributed by atoms with Crippen LogP contribution >= 0.6 is 66.8 Å². The summed E-state index contributed by atoms with van der Waals surface area (Å²) >= 11 is 21.2. The van der Waals surface area contributed by atoms with Gasteiger partial charge in [-0.3, -0.25) is 9.69 Å². The van der Waals surface area contributed by atoms with Crippen molar-refractivity contribution in [2.24, 2.45) is 4.99 Å². The summed E-state index contributed by atoms with van der Waals surface area (Å²) in [7, 11) is 0. The van der Waals surface area contributed by atoms with Gasteiger partial charge >= 0.3 is 0 Å². The van der Waals surface area contributed by atoms with Crippen molar-refractivity contribution < 1.29 is 13.9 Å². The van der Waals surface area contributed by atoms with Gasteiger partial charge in [0.05, 0.1) is 25.2 Å². The van der Waals surface area contributed by atoms with Crippen LogP contribution in [-0.2, 0) is 11.4 Å². The van der Waals surface area contributed by atoms with E-state index < -0.39 is 0 Å². The minimum absolute atomic E-state index is 0.226. The van der Waals surface area contributed by atoms with Gasteiger partial charge in [-0.2, -0.15) is 0 Å². The van der Waals surface area contributed by atoms with Crippen molar-refractivity contribution >= 4 is 95.3 Å². The van der Waals surface area contributed by atoms with Crippen molar-refractivity contribution in [2.45, 2.75) is 20.5 Å². The number of ether oxygens (including phenoxy) is 1. The van der Waals surface area contributed by atoms with Gasteiger partial charge in [0, 0.05) is 10.0 Å². The topological polar surface area (TPSA) is 41.9 Å². The Balaban J connectivity index is 1.47. The third kappa shape index (κ3) is 6.89. The lowest BCUT2D eigenvalue weighted by molar-refractivity contribution is -0.113. The fourth-order valence-corrected chi connectivity index (χ4v) is 6.75. The molecule has 0 saturated carbocycles. The average Bonchev–Trinajstić information content (AvgIpc) is 3.22. The maximum atomic E-state index is 13.8. The van der Waals surface area contributed by atoms with Gasteiger partial charge in [0.25, 0.3) is 5.91 Å². The number of aliphatic imine (C=N–C) groups is 1. The Labute approximate surface area is 268 Å². The van der Waals surface area contributed by atoms with Crippen LogP contribution in [0.5, 0.6) is 5.75 Å². The van der Waals surface area contributed by atoms with Gasteiger partial charge in [0.2, 0.25) is 0 Å². The van der Waals surface area contributed by atoms with E-state index in [1.807, 2.05) is 50.2 Å². The Morgan fingerprint density at radius 1 is 0.927 bits per heavy atom. The van der Waals surface area contributed by atoms with Crippen molar-refractivity contribution in [3.8, 4) is 5.75 Å². The quantitative estimate of drug-likeness (QED) is 0.185. The molecule has 5 rings (SSSR count). The molecule has 4 aromatic rings. The first kappa shape index (κ1) is 29.9. The van der Waals surface area contributed by atoms with Gasteiger partial charge in [0.15, 0.2) is 5.17 Å². The molecule has 208 valence electrons. The van der Waals surface area contributed by atoms with E-state index in [0.717, 1.165) is 22.3 Å². The number of thioether (sulfide) groups is 1. The second-order valence-corrected chi connectivity index (χ2v) is 12.8. The maximum absolute atomic E-state index is 13.8. The Kier molecular flexibility index (Phi) is 9.26. The van der Waals surface area contributed by atoms with Crippen molar-refractivity contribution in [3.05, 3.63) is 125 Å². The highest BCUT2D eigenvalue weighted by atomic mass is 79.9. The minimum Gasteiger partial charge on any atom is -0.487 e. The number of amides is 1. The number of rotatable bonds is 6. The third-order valence-corrected chi connectivity index (χ3v) is 9.18. The zero-order chi connectivity index (χ0) is 29.3. The zero-order valence-electron chi connectivity index (χ0n) is 21.7. The molecule has 1 amide bonds. The number of anilines is 1. The Morgan fingerprint density at radius 3 is 2.20 bits per heavy atom. The summed E-state index contributed by atoms with van der Waals surface area (Å²) in [4.78, 5) is 20.6. The molecule has 10 heteroatoms. The van der Waals surface area contributed by atoms with Crippen LogP contribution in [0, 0.1) is 19.7 Å². The standard InChI is InChI=1S/C31H21Br2Cl2FN2O2S/c1-17-3-9-22(14-26(17)34)37-31-38(23-10-4-18(2)27(35)15-23)30(39)28(41-31)13-20-11-24(32)29(25(33)12-20)40-16-19-5-7-21(36)8-6-19/h3-15H,16H2,1-2H3/b28-13+,37-31?. The van der Waals surface area contributed by atoms with E-state index >= 15 is 0 Å². The first-order valence-electron chi connectivity index (χ1n) is 12.3. The van der Waals surface area contributed by atoms with E-state index in [1.165, 1.54) is 23.9 Å². The molecule has 0 radical (unpaired) electrons. The molecule has 4 nitrogen and oxygen atoms in total. The van der Waals surface area contributed by atoms with Gasteiger partial charge in [-0.15, -0.1) is 0 Å². The first-order chi connectivity index (χ1) is 19.6. The van der Waals surface area contributed by atoms with Gasteiger partial charge in [-0.05, 0) is 134 Å².